The molecule has 0 aromatic heterocycles. The molecule has 1 amide bonds. The van der Waals surface area contributed by atoms with Crippen LogP contribution >= 0.6 is 23.2 Å². The molecule has 0 aliphatic rings. The molecule has 5 heteroatoms. The SMILES string of the molecule is CC(CCO)CNC(=O)c1c(Cl)cccc1Cl. The zero-order chi connectivity index (χ0) is 12.8. The lowest BCUT2D eigenvalue weighted by Gasteiger charge is -2.12. The molecule has 1 rings (SSSR count). The van der Waals surface area contributed by atoms with Crippen molar-refractivity contribution in [2.24, 2.45) is 5.92 Å². The number of hydrogen-bond donors (Lipinski definition) is 2. The van der Waals surface area contributed by atoms with Gasteiger partial charge in [-0.2, -0.15) is 0 Å². The number of rotatable bonds is 5. The van der Waals surface area contributed by atoms with Gasteiger partial charge in [0, 0.05) is 13.2 Å². The summed E-state index contributed by atoms with van der Waals surface area (Å²) in [7, 11) is 0. The molecule has 94 valence electrons. The van der Waals surface area contributed by atoms with Crippen LogP contribution in [0.3, 0.4) is 0 Å². The first-order valence-electron chi connectivity index (χ1n) is 5.39. The molecule has 1 aromatic rings. The monoisotopic (exact) mass is 275 g/mol. The van der Waals surface area contributed by atoms with Crippen molar-refractivity contribution in [2.75, 3.05) is 13.2 Å². The Morgan fingerprint density at radius 2 is 2.00 bits per heavy atom. The maximum absolute atomic E-state index is 11.9. The lowest BCUT2D eigenvalue weighted by molar-refractivity contribution is 0.0945. The summed E-state index contributed by atoms with van der Waals surface area (Å²) in [6.45, 7) is 2.55. The predicted octanol–water partition coefficient (Wildman–Crippen LogP) is 2.74. The highest BCUT2D eigenvalue weighted by Gasteiger charge is 2.14. The first-order chi connectivity index (χ1) is 8.06. The molecule has 0 heterocycles. The van der Waals surface area contributed by atoms with Gasteiger partial charge in [-0.05, 0) is 24.5 Å². The van der Waals surface area contributed by atoms with Crippen LogP contribution in [0.25, 0.3) is 0 Å². The minimum absolute atomic E-state index is 0.115. The van der Waals surface area contributed by atoms with Crippen LogP contribution in [0, 0.1) is 5.92 Å². The van der Waals surface area contributed by atoms with E-state index in [4.69, 9.17) is 28.3 Å². The van der Waals surface area contributed by atoms with Crippen LogP contribution in [0.2, 0.25) is 10.0 Å². The number of carbonyl (C=O) groups excluding carboxylic acids is 1. The molecule has 17 heavy (non-hydrogen) atoms. The van der Waals surface area contributed by atoms with Crippen LogP contribution in [-0.4, -0.2) is 24.2 Å². The Labute approximate surface area is 111 Å². The van der Waals surface area contributed by atoms with Gasteiger partial charge in [-0.3, -0.25) is 4.79 Å². The first kappa shape index (κ1) is 14.3. The standard InChI is InChI=1S/C12H15Cl2NO2/c1-8(5-6-16)7-15-12(17)11-9(13)3-2-4-10(11)14/h2-4,8,16H,5-7H2,1H3,(H,15,17). The van der Waals surface area contributed by atoms with Gasteiger partial charge in [-0.25, -0.2) is 0 Å². The summed E-state index contributed by atoms with van der Waals surface area (Å²) < 4.78 is 0. The van der Waals surface area contributed by atoms with Gasteiger partial charge in [0.05, 0.1) is 15.6 Å². The molecule has 1 unspecified atom stereocenters. The fourth-order valence-corrected chi connectivity index (χ4v) is 1.96. The highest BCUT2D eigenvalue weighted by atomic mass is 35.5. The van der Waals surface area contributed by atoms with E-state index in [1.807, 2.05) is 6.92 Å². The molecule has 1 atom stereocenters. The normalized spacial score (nSPS) is 12.2. The molecule has 0 spiro atoms. The topological polar surface area (TPSA) is 49.3 Å². The van der Waals surface area contributed by atoms with Crippen molar-refractivity contribution in [3.05, 3.63) is 33.8 Å². The fourth-order valence-electron chi connectivity index (χ4n) is 1.39. The van der Waals surface area contributed by atoms with Crippen molar-refractivity contribution in [3.63, 3.8) is 0 Å². The third-order valence-corrected chi connectivity index (χ3v) is 3.05. The quantitative estimate of drug-likeness (QED) is 0.868. The third kappa shape index (κ3) is 4.19. The van der Waals surface area contributed by atoms with E-state index in [0.29, 0.717) is 28.6 Å². The molecule has 0 radical (unpaired) electrons. The summed E-state index contributed by atoms with van der Waals surface area (Å²) in [5, 5.41) is 12.2. The molecule has 0 bridgehead atoms. The Morgan fingerprint density at radius 1 is 1.41 bits per heavy atom. The summed E-state index contributed by atoms with van der Waals surface area (Å²) >= 11 is 11.8. The fraction of sp³-hybridized carbons (Fsp3) is 0.417. The van der Waals surface area contributed by atoms with Crippen molar-refractivity contribution in [3.8, 4) is 0 Å². The van der Waals surface area contributed by atoms with Crippen molar-refractivity contribution in [2.45, 2.75) is 13.3 Å². The van der Waals surface area contributed by atoms with E-state index in [2.05, 4.69) is 5.32 Å². The Balaban J connectivity index is 2.64. The van der Waals surface area contributed by atoms with E-state index < -0.39 is 0 Å². The molecule has 3 nitrogen and oxygen atoms in total. The van der Waals surface area contributed by atoms with Crippen LogP contribution in [0.4, 0.5) is 0 Å². The average molecular weight is 276 g/mol. The molecular formula is C12H15Cl2NO2. The van der Waals surface area contributed by atoms with Gasteiger partial charge in [-0.1, -0.05) is 36.2 Å². The number of benzene rings is 1. The second-order valence-electron chi connectivity index (χ2n) is 3.92. The Hall–Kier alpha value is -0.770. The van der Waals surface area contributed by atoms with Crippen LogP contribution in [0.1, 0.15) is 23.7 Å². The molecule has 1 aromatic carbocycles. The highest BCUT2D eigenvalue weighted by Crippen LogP contribution is 2.23. The maximum atomic E-state index is 11.9. The number of nitrogens with one attached hydrogen (secondary N) is 1. The average Bonchev–Trinajstić information content (AvgIpc) is 2.26. The zero-order valence-corrected chi connectivity index (χ0v) is 11.1. The maximum Gasteiger partial charge on any atom is 0.254 e. The van der Waals surface area contributed by atoms with Crippen molar-refractivity contribution in [1.29, 1.82) is 0 Å². The van der Waals surface area contributed by atoms with E-state index in [1.54, 1.807) is 18.2 Å². The second kappa shape index (κ2) is 6.84. The van der Waals surface area contributed by atoms with E-state index >= 15 is 0 Å². The van der Waals surface area contributed by atoms with Gasteiger partial charge in [0.15, 0.2) is 0 Å². The summed E-state index contributed by atoms with van der Waals surface area (Å²) in [4.78, 5) is 11.9. The summed E-state index contributed by atoms with van der Waals surface area (Å²) in [6.07, 6.45) is 0.649. The number of aliphatic hydroxyl groups is 1. The van der Waals surface area contributed by atoms with E-state index in [0.717, 1.165) is 0 Å². The minimum Gasteiger partial charge on any atom is -0.396 e. The number of aliphatic hydroxyl groups excluding tert-OH is 1. The van der Waals surface area contributed by atoms with E-state index in [9.17, 15) is 4.79 Å². The predicted molar refractivity (Wildman–Crippen MR) is 69.7 cm³/mol. The third-order valence-electron chi connectivity index (χ3n) is 2.42. The number of hydrogen-bond acceptors (Lipinski definition) is 2. The molecule has 0 saturated heterocycles. The van der Waals surface area contributed by atoms with Gasteiger partial charge in [0.1, 0.15) is 0 Å². The van der Waals surface area contributed by atoms with Crippen LogP contribution in [0.15, 0.2) is 18.2 Å². The lowest BCUT2D eigenvalue weighted by Crippen LogP contribution is -2.29. The van der Waals surface area contributed by atoms with Gasteiger partial charge < -0.3 is 10.4 Å². The Morgan fingerprint density at radius 3 is 2.53 bits per heavy atom. The van der Waals surface area contributed by atoms with Crippen LogP contribution in [-0.2, 0) is 0 Å². The van der Waals surface area contributed by atoms with Crippen molar-refractivity contribution in [1.82, 2.24) is 5.32 Å². The van der Waals surface area contributed by atoms with Crippen molar-refractivity contribution < 1.29 is 9.90 Å². The van der Waals surface area contributed by atoms with Crippen molar-refractivity contribution >= 4 is 29.1 Å². The Bertz CT molecular complexity index is 376. The Kier molecular flexibility index (Phi) is 5.75. The smallest absolute Gasteiger partial charge is 0.254 e. The van der Waals surface area contributed by atoms with E-state index in [1.165, 1.54) is 0 Å². The summed E-state index contributed by atoms with van der Waals surface area (Å²) in [6, 6.07) is 4.94. The largest absolute Gasteiger partial charge is 0.396 e. The number of amides is 1. The molecule has 0 saturated carbocycles. The molecule has 0 aliphatic heterocycles. The number of carbonyl (C=O) groups is 1. The van der Waals surface area contributed by atoms with Crippen LogP contribution < -0.4 is 5.32 Å². The van der Waals surface area contributed by atoms with E-state index in [-0.39, 0.29) is 18.4 Å². The summed E-state index contributed by atoms with van der Waals surface area (Å²) in [5.74, 6) is -0.0735. The van der Waals surface area contributed by atoms with Gasteiger partial charge in [-0.15, -0.1) is 0 Å². The summed E-state index contributed by atoms with van der Waals surface area (Å²) in [5.41, 5.74) is 0.298. The van der Waals surface area contributed by atoms with Crippen LogP contribution in [0.5, 0.6) is 0 Å². The lowest BCUT2D eigenvalue weighted by atomic mass is 10.1. The molecular weight excluding hydrogens is 261 g/mol. The first-order valence-corrected chi connectivity index (χ1v) is 6.15. The molecule has 2 N–H and O–H groups in total. The van der Waals surface area contributed by atoms with Gasteiger partial charge in [0.25, 0.3) is 5.91 Å². The number of halogens is 2. The molecule has 0 aliphatic carbocycles. The zero-order valence-electron chi connectivity index (χ0n) is 9.54. The molecule has 0 fully saturated rings. The van der Waals surface area contributed by atoms with Gasteiger partial charge >= 0.3 is 0 Å². The highest BCUT2D eigenvalue weighted by molar-refractivity contribution is 6.39. The van der Waals surface area contributed by atoms with Gasteiger partial charge in [0.2, 0.25) is 0 Å². The second-order valence-corrected chi connectivity index (χ2v) is 4.74. The minimum atomic E-state index is -0.287.